The molecule has 0 radical (unpaired) electrons. The summed E-state index contributed by atoms with van der Waals surface area (Å²) in [4.78, 5) is 42.2. The predicted octanol–water partition coefficient (Wildman–Crippen LogP) is 4.60. The van der Waals surface area contributed by atoms with Crippen molar-refractivity contribution < 1.29 is 43.5 Å². The zero-order chi connectivity index (χ0) is 35.8. The monoisotopic (exact) mass is 675 g/mol. The Balaban J connectivity index is 1.40. The summed E-state index contributed by atoms with van der Waals surface area (Å²) in [5.74, 6) is -1.47. The van der Waals surface area contributed by atoms with Crippen molar-refractivity contribution in [1.29, 1.82) is 0 Å². The second-order valence-corrected chi connectivity index (χ2v) is 12.9. The van der Waals surface area contributed by atoms with Gasteiger partial charge in [-0.25, -0.2) is 4.79 Å². The highest BCUT2D eigenvalue weighted by molar-refractivity contribution is 6.06. The second kappa shape index (κ2) is 13.8. The average molecular weight is 676 g/mol. The lowest BCUT2D eigenvalue weighted by molar-refractivity contribution is -0.281. The SMILES string of the molecule is CO[C@@H]1[C@H](NC(=O)c2ccc(C)[nH]2)[C@@H](O)[C@H](Oc2ccc3c(O)c(NC(=O)c4ccc(O)c(CC=C(C)C)c4)c(=O)oc3c2C)OC1(C)C. The van der Waals surface area contributed by atoms with Crippen LogP contribution in [0.3, 0.4) is 0 Å². The molecule has 49 heavy (non-hydrogen) atoms. The number of aliphatic hydroxyl groups excluding tert-OH is 1. The van der Waals surface area contributed by atoms with Crippen molar-refractivity contribution in [1.82, 2.24) is 10.3 Å². The van der Waals surface area contributed by atoms with Crippen LogP contribution in [0.25, 0.3) is 11.0 Å². The summed E-state index contributed by atoms with van der Waals surface area (Å²) < 4.78 is 23.4. The van der Waals surface area contributed by atoms with Crippen molar-refractivity contribution in [3.8, 4) is 17.2 Å². The van der Waals surface area contributed by atoms with Crippen LogP contribution in [0, 0.1) is 13.8 Å². The number of aromatic nitrogens is 1. The molecule has 6 N–H and O–H groups in total. The highest BCUT2D eigenvalue weighted by Gasteiger charge is 2.52. The molecule has 3 heterocycles. The summed E-state index contributed by atoms with van der Waals surface area (Å²) in [6.45, 7) is 10.7. The maximum absolute atomic E-state index is 13.1. The van der Waals surface area contributed by atoms with Gasteiger partial charge >= 0.3 is 5.63 Å². The lowest BCUT2D eigenvalue weighted by Gasteiger charge is -2.48. The van der Waals surface area contributed by atoms with Crippen LogP contribution < -0.4 is 21.0 Å². The number of ether oxygens (including phenoxy) is 3. The number of hydrogen-bond acceptors (Lipinski definition) is 10. The van der Waals surface area contributed by atoms with Crippen LogP contribution in [0.1, 0.15) is 65.4 Å². The third-order valence-corrected chi connectivity index (χ3v) is 8.51. The molecule has 0 unspecified atom stereocenters. The molecule has 13 nitrogen and oxygen atoms in total. The number of nitrogens with one attached hydrogen (secondary N) is 3. The van der Waals surface area contributed by atoms with Crippen molar-refractivity contribution in [2.45, 2.75) is 78.1 Å². The first kappa shape index (κ1) is 35.2. The average Bonchev–Trinajstić information content (AvgIpc) is 3.48. The van der Waals surface area contributed by atoms with E-state index in [4.69, 9.17) is 18.6 Å². The number of aryl methyl sites for hydroxylation is 2. The van der Waals surface area contributed by atoms with Crippen molar-refractivity contribution in [2.24, 2.45) is 0 Å². The van der Waals surface area contributed by atoms with Gasteiger partial charge in [-0.05, 0) is 96.0 Å². The number of benzene rings is 2. The second-order valence-electron chi connectivity index (χ2n) is 12.9. The fourth-order valence-corrected chi connectivity index (χ4v) is 5.89. The van der Waals surface area contributed by atoms with Gasteiger partial charge in [0.25, 0.3) is 11.8 Å². The first-order valence-corrected chi connectivity index (χ1v) is 15.7. The number of carbonyl (C=O) groups is 2. The summed E-state index contributed by atoms with van der Waals surface area (Å²) in [6.07, 6.45) is -1.14. The van der Waals surface area contributed by atoms with E-state index in [-0.39, 0.29) is 28.0 Å². The quantitative estimate of drug-likeness (QED) is 0.108. The number of phenols is 1. The Labute approximate surface area is 282 Å². The van der Waals surface area contributed by atoms with Gasteiger partial charge in [0.2, 0.25) is 6.29 Å². The molecule has 0 spiro atoms. The van der Waals surface area contributed by atoms with E-state index in [9.17, 15) is 29.7 Å². The maximum Gasteiger partial charge on any atom is 0.364 e. The molecule has 4 aromatic rings. The summed E-state index contributed by atoms with van der Waals surface area (Å²) in [7, 11) is 1.45. The number of fused-ring (bicyclic) bond motifs is 1. The number of carbonyl (C=O) groups excluding carboxylic acids is 2. The fourth-order valence-electron chi connectivity index (χ4n) is 5.89. The van der Waals surface area contributed by atoms with Gasteiger partial charge in [-0.15, -0.1) is 0 Å². The van der Waals surface area contributed by atoms with E-state index in [0.29, 0.717) is 23.2 Å². The molecule has 1 fully saturated rings. The fraction of sp³-hybridized carbons (Fsp3) is 0.361. The molecular formula is C36H41N3O10. The molecule has 5 rings (SSSR count). The van der Waals surface area contributed by atoms with E-state index in [0.717, 1.165) is 11.3 Å². The Kier molecular flexibility index (Phi) is 9.90. The zero-order valence-corrected chi connectivity index (χ0v) is 28.3. The normalized spacial score (nSPS) is 20.1. The van der Waals surface area contributed by atoms with Gasteiger partial charge in [-0.2, -0.15) is 0 Å². The molecule has 1 aliphatic rings. The Bertz CT molecular complexity index is 1990. The number of allylic oxidation sites excluding steroid dienone is 2. The molecule has 2 amide bonds. The first-order chi connectivity index (χ1) is 23.1. The van der Waals surface area contributed by atoms with Gasteiger partial charge in [0, 0.05) is 23.9 Å². The Morgan fingerprint density at radius 2 is 1.80 bits per heavy atom. The van der Waals surface area contributed by atoms with E-state index >= 15 is 0 Å². The number of hydrogen-bond donors (Lipinski definition) is 6. The van der Waals surface area contributed by atoms with Crippen LogP contribution in [0.4, 0.5) is 5.69 Å². The summed E-state index contributed by atoms with van der Waals surface area (Å²) >= 11 is 0. The molecule has 0 bridgehead atoms. The summed E-state index contributed by atoms with van der Waals surface area (Å²) in [5, 5.41) is 38.1. The molecule has 4 atom stereocenters. The number of aromatic hydroxyl groups is 2. The van der Waals surface area contributed by atoms with Crippen LogP contribution in [-0.4, -0.2) is 69.4 Å². The zero-order valence-electron chi connectivity index (χ0n) is 28.3. The Morgan fingerprint density at radius 3 is 2.45 bits per heavy atom. The number of H-pyrrole nitrogens is 1. The lowest BCUT2D eigenvalue weighted by atomic mass is 9.87. The van der Waals surface area contributed by atoms with Crippen LogP contribution in [0.15, 0.2) is 63.3 Å². The van der Waals surface area contributed by atoms with Gasteiger partial charge in [0.1, 0.15) is 35.0 Å². The molecule has 0 saturated carbocycles. The molecule has 2 aromatic carbocycles. The van der Waals surface area contributed by atoms with E-state index < -0.39 is 59.0 Å². The van der Waals surface area contributed by atoms with Gasteiger partial charge in [0.15, 0.2) is 11.4 Å². The first-order valence-electron chi connectivity index (χ1n) is 15.7. The molecule has 1 aliphatic heterocycles. The highest BCUT2D eigenvalue weighted by Crippen LogP contribution is 2.38. The molecule has 260 valence electrons. The highest BCUT2D eigenvalue weighted by atomic mass is 16.7. The van der Waals surface area contributed by atoms with Crippen LogP contribution in [0.2, 0.25) is 0 Å². The van der Waals surface area contributed by atoms with Crippen molar-refractivity contribution >= 4 is 28.5 Å². The third-order valence-electron chi connectivity index (χ3n) is 8.51. The molecule has 2 aromatic heterocycles. The number of methoxy groups -OCH3 is 1. The van der Waals surface area contributed by atoms with E-state index in [1.54, 1.807) is 32.9 Å². The number of aromatic amines is 1. The minimum Gasteiger partial charge on any atom is -0.508 e. The molecule has 13 heteroatoms. The van der Waals surface area contributed by atoms with Crippen LogP contribution in [0.5, 0.6) is 17.2 Å². The minimum atomic E-state index is -1.39. The van der Waals surface area contributed by atoms with Gasteiger partial charge in [-0.1, -0.05) is 11.6 Å². The predicted molar refractivity (Wildman–Crippen MR) is 181 cm³/mol. The standard InChI is InChI=1S/C36H41N3O10/c1-17(2)8-10-20-16-21(11-14-24(20)40)32(43)39-27-28(41)22-12-15-25(19(4)30(22)48-34(27)45)47-35-29(42)26(31(46-7)36(5,6)49-35)38-33(44)23-13-9-18(3)37-23/h8-9,11-16,26,29,31,35,37,40-42H,10H2,1-7H3,(H,38,44)(H,39,43)/t26-,29-,31-,35-/m1/s1. The molecular weight excluding hydrogens is 634 g/mol. The lowest BCUT2D eigenvalue weighted by Crippen LogP contribution is -2.68. The number of amides is 2. The summed E-state index contributed by atoms with van der Waals surface area (Å²) in [5.41, 5.74) is 0.607. The molecule has 1 saturated heterocycles. The smallest absolute Gasteiger partial charge is 0.364 e. The number of phenolic OH excluding ortho intramolecular Hbond substituents is 1. The van der Waals surface area contributed by atoms with E-state index in [1.807, 2.05) is 26.8 Å². The van der Waals surface area contributed by atoms with Crippen LogP contribution in [-0.2, 0) is 15.9 Å². The van der Waals surface area contributed by atoms with Gasteiger partial charge in [-0.3, -0.25) is 9.59 Å². The number of rotatable bonds is 9. The Hall–Kier alpha value is -5.11. The van der Waals surface area contributed by atoms with Crippen molar-refractivity contribution in [2.75, 3.05) is 12.4 Å². The summed E-state index contributed by atoms with van der Waals surface area (Å²) in [6, 6.07) is 9.68. The number of anilines is 1. The third kappa shape index (κ3) is 7.19. The van der Waals surface area contributed by atoms with E-state index in [1.165, 1.54) is 37.4 Å². The van der Waals surface area contributed by atoms with Gasteiger partial charge < -0.3 is 49.6 Å². The van der Waals surface area contributed by atoms with Crippen LogP contribution >= 0.6 is 0 Å². The molecule has 0 aliphatic carbocycles. The largest absolute Gasteiger partial charge is 0.508 e. The van der Waals surface area contributed by atoms with Gasteiger partial charge in [0.05, 0.1) is 17.0 Å². The minimum absolute atomic E-state index is 0.0158. The topological polar surface area (TPSA) is 193 Å². The van der Waals surface area contributed by atoms with Crippen molar-refractivity contribution in [3.63, 3.8) is 0 Å². The number of aliphatic hydroxyl groups is 1. The van der Waals surface area contributed by atoms with Crippen molar-refractivity contribution in [3.05, 3.63) is 92.6 Å². The Morgan fingerprint density at radius 1 is 1.06 bits per heavy atom. The van der Waals surface area contributed by atoms with E-state index in [2.05, 4.69) is 15.6 Å². The maximum atomic E-state index is 13.1.